The number of allylic oxidation sites excluding steroid dienone is 4. The Labute approximate surface area is 319 Å². The molecule has 0 aliphatic heterocycles. The summed E-state index contributed by atoms with van der Waals surface area (Å²) in [4.78, 5) is 35.2. The Balaban J connectivity index is 4.44. The average molecular weight is 759 g/mol. The number of carbonyl (C=O) groups is 2. The first-order valence-electron chi connectivity index (χ1n) is 21.1. The Kier molecular flexibility index (Phi) is 34.2. The van der Waals surface area contributed by atoms with Crippen molar-refractivity contribution < 1.29 is 42.1 Å². The molecule has 1 N–H and O–H groups in total. The van der Waals surface area contributed by atoms with Gasteiger partial charge in [-0.15, -0.1) is 0 Å². The van der Waals surface area contributed by atoms with Crippen molar-refractivity contribution in [3.8, 4) is 0 Å². The highest BCUT2D eigenvalue weighted by atomic mass is 31.2. The van der Waals surface area contributed by atoms with E-state index < -0.39 is 26.5 Å². The number of phosphoric acid groups is 1. The van der Waals surface area contributed by atoms with Crippen LogP contribution in [0.15, 0.2) is 24.3 Å². The summed E-state index contributed by atoms with van der Waals surface area (Å²) in [7, 11) is 1.46. The molecule has 0 radical (unpaired) electrons. The number of unbranched alkanes of at least 4 members (excludes halogenated alkanes) is 20. The quantitative estimate of drug-likeness (QED) is 0.0218. The Bertz CT molecular complexity index is 949. The lowest BCUT2D eigenvalue weighted by molar-refractivity contribution is -0.870. The van der Waals surface area contributed by atoms with Crippen molar-refractivity contribution in [1.29, 1.82) is 0 Å². The van der Waals surface area contributed by atoms with E-state index >= 15 is 0 Å². The van der Waals surface area contributed by atoms with E-state index in [4.69, 9.17) is 18.5 Å². The predicted molar refractivity (Wildman–Crippen MR) is 215 cm³/mol. The first-order valence-corrected chi connectivity index (χ1v) is 22.6. The molecule has 0 saturated heterocycles. The predicted octanol–water partition coefficient (Wildman–Crippen LogP) is 11.6. The number of quaternary nitrogens is 1. The number of carbonyl (C=O) groups excluding carboxylic acids is 2. The molecule has 0 aliphatic carbocycles. The molecule has 0 amide bonds. The maximum atomic E-state index is 12.6. The summed E-state index contributed by atoms with van der Waals surface area (Å²) in [5, 5.41) is 0. The highest BCUT2D eigenvalue weighted by molar-refractivity contribution is 7.47. The second kappa shape index (κ2) is 35.2. The van der Waals surface area contributed by atoms with Crippen molar-refractivity contribution in [2.75, 3.05) is 47.5 Å². The van der Waals surface area contributed by atoms with Gasteiger partial charge in [-0.05, 0) is 44.9 Å². The van der Waals surface area contributed by atoms with Gasteiger partial charge in [0.25, 0.3) is 0 Å². The third-order valence-corrected chi connectivity index (χ3v) is 9.97. The molecule has 52 heavy (non-hydrogen) atoms. The first kappa shape index (κ1) is 50.5. The molecule has 0 aromatic rings. The van der Waals surface area contributed by atoms with Gasteiger partial charge in [0.2, 0.25) is 0 Å². The summed E-state index contributed by atoms with van der Waals surface area (Å²) in [6.45, 7) is 4.38. The van der Waals surface area contributed by atoms with Crippen LogP contribution < -0.4 is 0 Å². The number of nitrogens with zero attached hydrogens (tertiary/aromatic N) is 1. The van der Waals surface area contributed by atoms with Gasteiger partial charge in [-0.1, -0.05) is 147 Å². The molecule has 0 saturated carbocycles. The maximum Gasteiger partial charge on any atom is 0.472 e. The number of likely N-dealkylation sites (N-methyl/N-ethyl adjacent to an activating group) is 1. The summed E-state index contributed by atoms with van der Waals surface area (Å²) in [5.41, 5.74) is 0. The summed E-state index contributed by atoms with van der Waals surface area (Å²) >= 11 is 0. The molecule has 10 heteroatoms. The molecule has 2 atom stereocenters. The minimum atomic E-state index is -4.38. The number of hydrogen-bond acceptors (Lipinski definition) is 7. The lowest BCUT2D eigenvalue weighted by Gasteiger charge is -2.24. The zero-order valence-corrected chi connectivity index (χ0v) is 35.2. The lowest BCUT2D eigenvalue weighted by Crippen LogP contribution is -2.37. The minimum Gasteiger partial charge on any atom is -0.462 e. The first-order chi connectivity index (χ1) is 25.0. The Morgan fingerprint density at radius 1 is 0.596 bits per heavy atom. The monoisotopic (exact) mass is 759 g/mol. The van der Waals surface area contributed by atoms with E-state index in [0.29, 0.717) is 17.4 Å². The number of rotatable bonds is 38. The van der Waals surface area contributed by atoms with Gasteiger partial charge in [-0.2, -0.15) is 0 Å². The van der Waals surface area contributed by atoms with Gasteiger partial charge >= 0.3 is 19.8 Å². The van der Waals surface area contributed by atoms with Crippen LogP contribution in [0.1, 0.15) is 181 Å². The fraction of sp³-hybridized carbons (Fsp3) is 0.857. The van der Waals surface area contributed by atoms with Crippen molar-refractivity contribution >= 4 is 19.8 Å². The number of phosphoric ester groups is 1. The topological polar surface area (TPSA) is 108 Å². The van der Waals surface area contributed by atoms with E-state index in [0.717, 1.165) is 44.9 Å². The van der Waals surface area contributed by atoms with Crippen LogP contribution in [-0.4, -0.2) is 74.9 Å². The van der Waals surface area contributed by atoms with Crippen molar-refractivity contribution in [1.82, 2.24) is 0 Å². The van der Waals surface area contributed by atoms with Crippen LogP contribution in [0, 0.1) is 0 Å². The minimum absolute atomic E-state index is 0.0275. The van der Waals surface area contributed by atoms with E-state index in [1.165, 1.54) is 103 Å². The smallest absolute Gasteiger partial charge is 0.462 e. The molecule has 0 aromatic carbocycles. The van der Waals surface area contributed by atoms with Crippen LogP contribution in [0.3, 0.4) is 0 Å². The number of hydrogen-bond donors (Lipinski definition) is 1. The Morgan fingerprint density at radius 3 is 1.56 bits per heavy atom. The molecule has 0 aromatic heterocycles. The Hall–Kier alpha value is -1.51. The molecule has 0 spiro atoms. The molecule has 0 rings (SSSR count). The van der Waals surface area contributed by atoms with Crippen LogP contribution in [0.25, 0.3) is 0 Å². The average Bonchev–Trinajstić information content (AvgIpc) is 3.09. The van der Waals surface area contributed by atoms with Crippen molar-refractivity contribution in [2.24, 2.45) is 0 Å². The van der Waals surface area contributed by atoms with E-state index in [9.17, 15) is 19.0 Å². The molecule has 0 bridgehead atoms. The van der Waals surface area contributed by atoms with Gasteiger partial charge in [0.05, 0.1) is 27.7 Å². The second-order valence-corrected chi connectivity index (χ2v) is 16.8. The molecule has 0 heterocycles. The van der Waals surface area contributed by atoms with E-state index in [-0.39, 0.29) is 32.0 Å². The maximum absolute atomic E-state index is 12.6. The van der Waals surface area contributed by atoms with Crippen LogP contribution in [-0.2, 0) is 32.7 Å². The summed E-state index contributed by atoms with van der Waals surface area (Å²) in [5.74, 6) is -0.832. The van der Waals surface area contributed by atoms with Gasteiger partial charge in [0.1, 0.15) is 19.8 Å². The van der Waals surface area contributed by atoms with E-state index in [2.05, 4.69) is 38.2 Å². The van der Waals surface area contributed by atoms with Crippen LogP contribution in [0.4, 0.5) is 0 Å². The number of ether oxygens (including phenoxy) is 2. The van der Waals surface area contributed by atoms with Crippen molar-refractivity contribution in [3.05, 3.63) is 24.3 Å². The molecule has 0 fully saturated rings. The third-order valence-electron chi connectivity index (χ3n) is 8.98. The van der Waals surface area contributed by atoms with E-state index in [1.54, 1.807) is 0 Å². The van der Waals surface area contributed by atoms with Gasteiger partial charge in [0.15, 0.2) is 6.10 Å². The van der Waals surface area contributed by atoms with E-state index in [1.807, 2.05) is 21.1 Å². The van der Waals surface area contributed by atoms with Crippen molar-refractivity contribution in [2.45, 2.75) is 187 Å². The summed E-state index contributed by atoms with van der Waals surface area (Å²) < 4.78 is 34.2. The van der Waals surface area contributed by atoms with Gasteiger partial charge in [0, 0.05) is 12.8 Å². The Morgan fingerprint density at radius 2 is 1.04 bits per heavy atom. The molecular weight excluding hydrogens is 677 g/mol. The second-order valence-electron chi connectivity index (χ2n) is 15.4. The van der Waals surface area contributed by atoms with Gasteiger partial charge in [-0.25, -0.2) is 4.57 Å². The molecule has 9 nitrogen and oxygen atoms in total. The molecule has 306 valence electrons. The van der Waals surface area contributed by atoms with Crippen LogP contribution >= 0.6 is 7.82 Å². The zero-order chi connectivity index (χ0) is 38.6. The normalized spacial score (nSPS) is 13.9. The molecular formula is C42H81NO8P+. The van der Waals surface area contributed by atoms with Crippen LogP contribution in [0.2, 0.25) is 0 Å². The van der Waals surface area contributed by atoms with Gasteiger partial charge < -0.3 is 18.9 Å². The SMILES string of the molecule is CCCCCCCC/C=C\C/C=C\CCCCC(=O)O[C@H](COC(=O)CCCCCCCCCCCCCCC)COP(=O)(O)OCC[N+](C)(C)C. The standard InChI is InChI=1S/C42H80NO8P/c1-6-8-10-12-14-16-18-20-21-23-25-27-29-31-33-35-42(45)51-40(39-50-52(46,47)49-37-36-43(3,4)5)38-48-41(44)34-32-30-28-26-24-22-19-17-15-13-11-9-7-2/h20-21,25,27,40H,6-19,22-24,26,28-39H2,1-5H3/p+1/b21-20-,27-25-/t40-/m1/s1. The number of esters is 2. The fourth-order valence-electron chi connectivity index (χ4n) is 5.63. The lowest BCUT2D eigenvalue weighted by atomic mass is 10.0. The highest BCUT2D eigenvalue weighted by Crippen LogP contribution is 2.43. The van der Waals surface area contributed by atoms with Gasteiger partial charge in [-0.3, -0.25) is 18.6 Å². The third kappa shape index (κ3) is 38.2. The molecule has 1 unspecified atom stereocenters. The van der Waals surface area contributed by atoms with Crippen molar-refractivity contribution in [3.63, 3.8) is 0 Å². The highest BCUT2D eigenvalue weighted by Gasteiger charge is 2.27. The zero-order valence-electron chi connectivity index (χ0n) is 34.3. The molecule has 0 aliphatic rings. The summed E-state index contributed by atoms with van der Waals surface area (Å²) in [6.07, 6.45) is 36.5. The van der Waals surface area contributed by atoms with Crippen LogP contribution in [0.5, 0.6) is 0 Å². The fourth-order valence-corrected chi connectivity index (χ4v) is 6.37. The summed E-state index contributed by atoms with van der Waals surface area (Å²) in [6, 6.07) is 0. The largest absolute Gasteiger partial charge is 0.472 e.